The molecule has 0 radical (unpaired) electrons. The van der Waals surface area contributed by atoms with Crippen LogP contribution in [0.4, 0.5) is 0 Å². The molecule has 0 unspecified atom stereocenters. The van der Waals surface area contributed by atoms with E-state index in [-0.39, 0.29) is 11.3 Å². The number of benzene rings is 2. The molecule has 1 N–H and O–H groups in total. The molecule has 0 fully saturated rings. The largest absolute Gasteiger partial charge is 0.478 e. The summed E-state index contributed by atoms with van der Waals surface area (Å²) in [6, 6.07) is 9.78. The number of carboxylic acid groups (broad SMARTS) is 1. The Morgan fingerprint density at radius 3 is 2.39 bits per heavy atom. The van der Waals surface area contributed by atoms with Gasteiger partial charge < -0.3 is 14.6 Å². The molecule has 4 nitrogen and oxygen atoms in total. The van der Waals surface area contributed by atoms with E-state index < -0.39 is 5.97 Å². The summed E-state index contributed by atoms with van der Waals surface area (Å²) in [5, 5.41) is 9.46. The van der Waals surface area contributed by atoms with Crippen LogP contribution in [0.15, 0.2) is 36.4 Å². The summed E-state index contributed by atoms with van der Waals surface area (Å²) < 4.78 is 11.1. The molecule has 0 bridgehead atoms. The zero-order valence-electron chi connectivity index (χ0n) is 9.01. The first kappa shape index (κ1) is 10.9. The van der Waals surface area contributed by atoms with Crippen molar-refractivity contribution < 1.29 is 19.4 Å². The van der Waals surface area contributed by atoms with Gasteiger partial charge in [0, 0.05) is 0 Å². The molecular formula is C13H7ClO4. The van der Waals surface area contributed by atoms with Crippen LogP contribution in [0, 0.1) is 0 Å². The highest BCUT2D eigenvalue weighted by atomic mass is 35.5. The second-order valence-electron chi connectivity index (χ2n) is 3.71. The molecular weight excluding hydrogens is 256 g/mol. The molecule has 1 aliphatic heterocycles. The van der Waals surface area contributed by atoms with Gasteiger partial charge in [0.15, 0.2) is 23.0 Å². The van der Waals surface area contributed by atoms with Gasteiger partial charge in [0.1, 0.15) is 5.56 Å². The number of rotatable bonds is 1. The molecule has 0 aliphatic carbocycles. The first-order chi connectivity index (χ1) is 8.66. The summed E-state index contributed by atoms with van der Waals surface area (Å²) in [6.45, 7) is 0. The van der Waals surface area contributed by atoms with Gasteiger partial charge in [-0.15, -0.1) is 0 Å². The molecule has 1 heterocycles. The van der Waals surface area contributed by atoms with Crippen molar-refractivity contribution in [3.8, 4) is 23.0 Å². The van der Waals surface area contributed by atoms with Crippen LogP contribution in [0.25, 0.3) is 0 Å². The molecule has 0 saturated heterocycles. The van der Waals surface area contributed by atoms with Crippen molar-refractivity contribution in [2.24, 2.45) is 0 Å². The SMILES string of the molecule is O=C(O)c1cccc2c1Oc1c(Cl)cccc1O2. The lowest BCUT2D eigenvalue weighted by molar-refractivity contribution is 0.0693. The number of fused-ring (bicyclic) bond motifs is 2. The van der Waals surface area contributed by atoms with Crippen LogP contribution < -0.4 is 9.47 Å². The Kier molecular flexibility index (Phi) is 2.38. The molecule has 2 aromatic rings. The molecule has 18 heavy (non-hydrogen) atoms. The minimum atomic E-state index is -1.08. The fraction of sp³-hybridized carbons (Fsp3) is 0. The lowest BCUT2D eigenvalue weighted by atomic mass is 10.1. The number of carbonyl (C=O) groups is 1. The monoisotopic (exact) mass is 262 g/mol. The number of aromatic carboxylic acids is 1. The Morgan fingerprint density at radius 2 is 1.67 bits per heavy atom. The fourth-order valence-corrected chi connectivity index (χ4v) is 1.96. The molecule has 0 amide bonds. The van der Waals surface area contributed by atoms with E-state index in [4.69, 9.17) is 26.2 Å². The van der Waals surface area contributed by atoms with E-state index >= 15 is 0 Å². The summed E-state index contributed by atoms with van der Waals surface area (Å²) in [6.07, 6.45) is 0. The van der Waals surface area contributed by atoms with Crippen molar-refractivity contribution >= 4 is 17.6 Å². The number of halogens is 1. The smallest absolute Gasteiger partial charge is 0.339 e. The summed E-state index contributed by atoms with van der Waals surface area (Å²) in [5.74, 6) is 0.263. The average Bonchev–Trinajstić information content (AvgIpc) is 2.36. The van der Waals surface area contributed by atoms with Crippen molar-refractivity contribution in [1.29, 1.82) is 0 Å². The number of carboxylic acids is 1. The van der Waals surface area contributed by atoms with Gasteiger partial charge in [-0.1, -0.05) is 23.7 Å². The lowest BCUT2D eigenvalue weighted by Crippen LogP contribution is -2.05. The van der Waals surface area contributed by atoms with E-state index in [1.807, 2.05) is 0 Å². The van der Waals surface area contributed by atoms with E-state index in [2.05, 4.69) is 0 Å². The molecule has 0 saturated carbocycles. The van der Waals surface area contributed by atoms with Gasteiger partial charge in [0.2, 0.25) is 0 Å². The quantitative estimate of drug-likeness (QED) is 0.722. The third kappa shape index (κ3) is 1.58. The molecule has 0 aromatic heterocycles. The zero-order chi connectivity index (χ0) is 12.7. The summed E-state index contributed by atoms with van der Waals surface area (Å²) in [7, 11) is 0. The number of hydrogen-bond donors (Lipinski definition) is 1. The van der Waals surface area contributed by atoms with Crippen LogP contribution >= 0.6 is 11.6 Å². The second-order valence-corrected chi connectivity index (χ2v) is 4.12. The van der Waals surface area contributed by atoms with E-state index in [0.717, 1.165) is 0 Å². The van der Waals surface area contributed by atoms with Gasteiger partial charge in [-0.2, -0.15) is 0 Å². The van der Waals surface area contributed by atoms with Crippen molar-refractivity contribution in [3.63, 3.8) is 0 Å². The fourth-order valence-electron chi connectivity index (χ4n) is 1.76. The molecule has 90 valence electrons. The lowest BCUT2D eigenvalue weighted by Gasteiger charge is -2.22. The maximum atomic E-state index is 11.1. The van der Waals surface area contributed by atoms with Gasteiger partial charge in [-0.05, 0) is 24.3 Å². The van der Waals surface area contributed by atoms with Crippen LogP contribution in [0.1, 0.15) is 10.4 Å². The van der Waals surface area contributed by atoms with Gasteiger partial charge >= 0.3 is 5.97 Å². The number of hydrogen-bond acceptors (Lipinski definition) is 3. The Labute approximate surface area is 107 Å². The van der Waals surface area contributed by atoms with E-state index in [9.17, 15) is 4.79 Å². The second kappa shape index (κ2) is 3.92. The van der Waals surface area contributed by atoms with Crippen molar-refractivity contribution in [3.05, 3.63) is 47.0 Å². The molecule has 0 spiro atoms. The minimum Gasteiger partial charge on any atom is -0.478 e. The Balaban J connectivity index is 2.17. The van der Waals surface area contributed by atoms with Gasteiger partial charge in [0.05, 0.1) is 5.02 Å². The Bertz CT molecular complexity index is 651. The summed E-state index contributed by atoms with van der Waals surface area (Å²) >= 11 is 5.99. The standard InChI is InChI=1S/C13H7ClO4/c14-8-4-2-6-10-12(8)18-11-7(13(15)16)3-1-5-9(11)17-10/h1-6H,(H,15,16). The maximum absolute atomic E-state index is 11.1. The van der Waals surface area contributed by atoms with E-state index in [0.29, 0.717) is 22.3 Å². The first-order valence-electron chi connectivity index (χ1n) is 5.17. The predicted molar refractivity (Wildman–Crippen MR) is 65.0 cm³/mol. The van der Waals surface area contributed by atoms with Crippen LogP contribution in [0.3, 0.4) is 0 Å². The molecule has 5 heteroatoms. The molecule has 2 aromatic carbocycles. The molecule has 0 atom stereocenters. The van der Waals surface area contributed by atoms with E-state index in [1.54, 1.807) is 30.3 Å². The van der Waals surface area contributed by atoms with Gasteiger partial charge in [0.25, 0.3) is 0 Å². The highest BCUT2D eigenvalue weighted by Gasteiger charge is 2.25. The summed E-state index contributed by atoms with van der Waals surface area (Å²) in [4.78, 5) is 11.1. The van der Waals surface area contributed by atoms with Crippen molar-refractivity contribution in [2.75, 3.05) is 0 Å². The van der Waals surface area contributed by atoms with Crippen LogP contribution in [0.2, 0.25) is 5.02 Å². The van der Waals surface area contributed by atoms with Crippen LogP contribution in [-0.2, 0) is 0 Å². The highest BCUT2D eigenvalue weighted by Crippen LogP contribution is 2.49. The van der Waals surface area contributed by atoms with Crippen molar-refractivity contribution in [1.82, 2.24) is 0 Å². The Hall–Kier alpha value is -2.20. The Morgan fingerprint density at radius 1 is 1.00 bits per heavy atom. The predicted octanol–water partition coefficient (Wildman–Crippen LogP) is 3.94. The third-order valence-electron chi connectivity index (χ3n) is 2.56. The van der Waals surface area contributed by atoms with Crippen LogP contribution in [0.5, 0.6) is 23.0 Å². The topological polar surface area (TPSA) is 55.8 Å². The van der Waals surface area contributed by atoms with Gasteiger partial charge in [-0.3, -0.25) is 0 Å². The first-order valence-corrected chi connectivity index (χ1v) is 5.55. The third-order valence-corrected chi connectivity index (χ3v) is 2.86. The highest BCUT2D eigenvalue weighted by molar-refractivity contribution is 6.32. The minimum absolute atomic E-state index is 0.0399. The van der Waals surface area contributed by atoms with Gasteiger partial charge in [-0.25, -0.2) is 4.79 Å². The average molecular weight is 263 g/mol. The number of para-hydroxylation sites is 2. The van der Waals surface area contributed by atoms with Crippen molar-refractivity contribution in [2.45, 2.75) is 0 Å². The van der Waals surface area contributed by atoms with Crippen LogP contribution in [-0.4, -0.2) is 11.1 Å². The number of ether oxygens (including phenoxy) is 2. The maximum Gasteiger partial charge on any atom is 0.339 e. The van der Waals surface area contributed by atoms with E-state index in [1.165, 1.54) is 6.07 Å². The summed E-state index contributed by atoms with van der Waals surface area (Å²) in [5.41, 5.74) is 0.0399. The molecule has 3 rings (SSSR count). The normalized spacial score (nSPS) is 11.8. The zero-order valence-corrected chi connectivity index (χ0v) is 9.77. The molecule has 1 aliphatic rings.